The van der Waals surface area contributed by atoms with Crippen molar-refractivity contribution in [2.24, 2.45) is 5.16 Å². The van der Waals surface area contributed by atoms with Crippen molar-refractivity contribution in [3.8, 4) is 17.2 Å². The molecule has 0 amide bonds. The Labute approximate surface area is 236 Å². The van der Waals surface area contributed by atoms with Crippen molar-refractivity contribution in [2.45, 2.75) is 57.4 Å². The number of ether oxygens (including phenoxy) is 2. The number of aromatic hydroxyl groups is 1. The van der Waals surface area contributed by atoms with E-state index in [4.69, 9.17) is 9.57 Å². The third-order valence-electron chi connectivity index (χ3n) is 8.11. The molecule has 3 aromatic carbocycles. The highest BCUT2D eigenvalue weighted by molar-refractivity contribution is 5.91. The van der Waals surface area contributed by atoms with Gasteiger partial charge in [-0.25, -0.2) is 4.90 Å². The van der Waals surface area contributed by atoms with E-state index in [0.717, 1.165) is 42.0 Å². The molecule has 0 aromatic heterocycles. The summed E-state index contributed by atoms with van der Waals surface area (Å²) in [5.41, 5.74) is 5.37. The summed E-state index contributed by atoms with van der Waals surface area (Å²) in [7, 11) is 1.50. The fraction of sp³-hybridized carbons (Fsp3) is 0.387. The van der Waals surface area contributed by atoms with E-state index in [2.05, 4.69) is 44.0 Å². The van der Waals surface area contributed by atoms with Crippen molar-refractivity contribution in [3.63, 3.8) is 0 Å². The number of hydrogen-bond acceptors (Lipinski definition) is 7. The van der Waals surface area contributed by atoms with E-state index < -0.39 is 12.6 Å². The maximum Gasteiger partial charge on any atom is 0.573 e. The van der Waals surface area contributed by atoms with Crippen molar-refractivity contribution >= 4 is 5.71 Å². The summed E-state index contributed by atoms with van der Waals surface area (Å²) in [4.78, 5) is 10.5. The quantitative estimate of drug-likeness (QED) is 0.361. The molecule has 6 rings (SSSR count). The lowest BCUT2D eigenvalue weighted by Crippen LogP contribution is -2.46. The lowest BCUT2D eigenvalue weighted by molar-refractivity contribution is -0.274. The molecule has 0 spiro atoms. The van der Waals surface area contributed by atoms with E-state index in [-0.39, 0.29) is 30.0 Å². The first kappa shape index (κ1) is 27.4. The third kappa shape index (κ3) is 5.58. The highest BCUT2D eigenvalue weighted by atomic mass is 19.4. The topological polar surface area (TPSA) is 66.8 Å². The number of alkyl halides is 3. The number of methoxy groups -OCH3 is 1. The summed E-state index contributed by atoms with van der Waals surface area (Å²) in [6.07, 6.45) is -2.87. The van der Waals surface area contributed by atoms with Gasteiger partial charge in [0, 0.05) is 13.1 Å². The second-order valence-electron chi connectivity index (χ2n) is 10.9. The van der Waals surface area contributed by atoms with E-state index in [1.54, 1.807) is 18.2 Å². The molecule has 3 aliphatic rings. The fourth-order valence-electron chi connectivity index (χ4n) is 6.30. The predicted octanol–water partition coefficient (Wildman–Crippen LogP) is 6.32. The fourth-order valence-corrected chi connectivity index (χ4v) is 6.30. The van der Waals surface area contributed by atoms with E-state index in [1.165, 1.54) is 37.6 Å². The molecule has 7 nitrogen and oxygen atoms in total. The van der Waals surface area contributed by atoms with Crippen LogP contribution in [0, 0.1) is 0 Å². The van der Waals surface area contributed by atoms with Crippen LogP contribution in [0.4, 0.5) is 13.2 Å². The minimum absolute atomic E-state index is 0.0230. The molecule has 216 valence electrons. The Kier molecular flexibility index (Phi) is 7.29. The van der Waals surface area contributed by atoms with Crippen molar-refractivity contribution < 1.29 is 32.6 Å². The molecule has 3 atom stereocenters. The monoisotopic (exact) mass is 567 g/mol. The van der Waals surface area contributed by atoms with Gasteiger partial charge in [0.2, 0.25) is 0 Å². The molecule has 3 aliphatic heterocycles. The van der Waals surface area contributed by atoms with Gasteiger partial charge in [-0.05, 0) is 84.9 Å². The van der Waals surface area contributed by atoms with Crippen molar-refractivity contribution in [1.82, 2.24) is 9.80 Å². The Morgan fingerprint density at radius 3 is 2.44 bits per heavy atom. The van der Waals surface area contributed by atoms with Crippen LogP contribution in [0.25, 0.3) is 0 Å². The highest BCUT2D eigenvalue weighted by Gasteiger charge is 2.48. The highest BCUT2D eigenvalue weighted by Crippen LogP contribution is 2.50. The zero-order chi connectivity index (χ0) is 28.7. The standard InChI is InChI=1S/C31H32F3N3O4/c1-19-28-24-15-26(38)27(39-2)16-25(24)29(22-10-8-20(9-11-22)17-36-12-3-4-13-36)37(30(28)41-35-19)18-21-6-5-7-23(14-21)40-31(32,33)34/h5-11,14-16,28-30,38H,3-4,12-13,17-18H2,1-2H3/t28-,29-,30-/m1/s1. The number of fused-ring (bicyclic) bond motifs is 3. The van der Waals surface area contributed by atoms with E-state index in [9.17, 15) is 18.3 Å². The molecule has 0 unspecified atom stereocenters. The minimum Gasteiger partial charge on any atom is -0.504 e. The van der Waals surface area contributed by atoms with Crippen LogP contribution in [0.5, 0.6) is 17.2 Å². The van der Waals surface area contributed by atoms with E-state index >= 15 is 0 Å². The lowest BCUT2D eigenvalue weighted by Gasteiger charge is -2.43. The summed E-state index contributed by atoms with van der Waals surface area (Å²) in [5.74, 6) is -0.193. The maximum absolute atomic E-state index is 13.0. The third-order valence-corrected chi connectivity index (χ3v) is 8.11. The summed E-state index contributed by atoms with van der Waals surface area (Å²) in [6, 6.07) is 17.6. The number of likely N-dealkylation sites (tertiary alicyclic amines) is 1. The van der Waals surface area contributed by atoms with Crippen LogP contribution in [-0.2, 0) is 17.9 Å². The SMILES string of the molecule is COc1cc2c(cc1O)[C@H]1C(C)=NO[C@H]1N(Cc1cccc(OC(F)(F)F)c1)[C@@H]2c1ccc(CN2CCCC2)cc1. The van der Waals surface area contributed by atoms with Gasteiger partial charge in [0.15, 0.2) is 17.7 Å². The zero-order valence-electron chi connectivity index (χ0n) is 22.9. The van der Waals surface area contributed by atoms with Crippen LogP contribution in [0.2, 0.25) is 0 Å². The molecule has 1 fully saturated rings. The van der Waals surface area contributed by atoms with Crippen molar-refractivity contribution in [3.05, 3.63) is 88.5 Å². The number of rotatable bonds is 7. The van der Waals surface area contributed by atoms with Crippen LogP contribution in [-0.4, -0.2) is 53.4 Å². The Morgan fingerprint density at radius 1 is 0.976 bits per heavy atom. The van der Waals surface area contributed by atoms with Crippen molar-refractivity contribution in [2.75, 3.05) is 20.2 Å². The molecule has 41 heavy (non-hydrogen) atoms. The van der Waals surface area contributed by atoms with Gasteiger partial charge in [0.05, 0.1) is 24.8 Å². The number of nitrogens with zero attached hydrogens (tertiary/aromatic N) is 3. The van der Waals surface area contributed by atoms with Crippen molar-refractivity contribution in [1.29, 1.82) is 0 Å². The lowest BCUT2D eigenvalue weighted by atomic mass is 9.79. The Hall–Kier alpha value is -3.76. The van der Waals surface area contributed by atoms with Crippen LogP contribution >= 0.6 is 0 Å². The number of halogens is 3. The first-order chi connectivity index (χ1) is 19.7. The number of phenolic OH excluding ortho intramolecular Hbond substituents is 1. The predicted molar refractivity (Wildman–Crippen MR) is 147 cm³/mol. The van der Waals surface area contributed by atoms with Gasteiger partial charge >= 0.3 is 6.36 Å². The van der Waals surface area contributed by atoms with Gasteiger partial charge in [-0.1, -0.05) is 41.6 Å². The minimum atomic E-state index is -4.79. The zero-order valence-corrected chi connectivity index (χ0v) is 22.9. The molecule has 3 aromatic rings. The van der Waals surface area contributed by atoms with Gasteiger partial charge in [-0.3, -0.25) is 4.90 Å². The summed E-state index contributed by atoms with van der Waals surface area (Å²) in [6.45, 7) is 5.23. The number of hydrogen-bond donors (Lipinski definition) is 1. The van der Waals surface area contributed by atoms with Crippen LogP contribution in [0.1, 0.15) is 59.5 Å². The molecule has 1 saturated heterocycles. The maximum atomic E-state index is 13.0. The van der Waals surface area contributed by atoms with Crippen LogP contribution in [0.3, 0.4) is 0 Å². The molecule has 0 bridgehead atoms. The van der Waals surface area contributed by atoms with E-state index in [1.807, 2.05) is 13.0 Å². The van der Waals surface area contributed by atoms with Crippen LogP contribution < -0.4 is 9.47 Å². The Balaban J connectivity index is 1.42. The average Bonchev–Trinajstić information content (AvgIpc) is 3.58. The van der Waals surface area contributed by atoms with Gasteiger partial charge in [-0.2, -0.15) is 0 Å². The second-order valence-corrected chi connectivity index (χ2v) is 10.9. The van der Waals surface area contributed by atoms with Gasteiger partial charge in [0.1, 0.15) is 5.75 Å². The molecule has 0 radical (unpaired) electrons. The summed E-state index contributed by atoms with van der Waals surface area (Å²) in [5, 5.41) is 15.0. The molecule has 3 heterocycles. The normalized spacial score (nSPS) is 22.6. The summed E-state index contributed by atoms with van der Waals surface area (Å²) >= 11 is 0. The molecular weight excluding hydrogens is 535 g/mol. The molecule has 10 heteroatoms. The Bertz CT molecular complexity index is 1440. The number of oxime groups is 1. The molecule has 0 aliphatic carbocycles. The van der Waals surface area contributed by atoms with Gasteiger partial charge < -0.3 is 19.4 Å². The smallest absolute Gasteiger partial charge is 0.504 e. The van der Waals surface area contributed by atoms with Gasteiger partial charge in [0.25, 0.3) is 0 Å². The first-order valence-electron chi connectivity index (χ1n) is 13.7. The number of phenols is 1. The molecule has 0 saturated carbocycles. The largest absolute Gasteiger partial charge is 0.573 e. The average molecular weight is 568 g/mol. The van der Waals surface area contributed by atoms with E-state index in [0.29, 0.717) is 11.3 Å². The first-order valence-corrected chi connectivity index (χ1v) is 13.7. The summed E-state index contributed by atoms with van der Waals surface area (Å²) < 4.78 is 48.6. The number of benzene rings is 3. The molecular formula is C31H32F3N3O4. The molecule has 1 N–H and O–H groups in total. The second kappa shape index (κ2) is 10.9. The van der Waals surface area contributed by atoms with Crippen LogP contribution in [0.15, 0.2) is 65.8 Å². The van der Waals surface area contributed by atoms with Gasteiger partial charge in [-0.15, -0.1) is 13.2 Å². The Morgan fingerprint density at radius 2 is 1.73 bits per heavy atom.